The van der Waals surface area contributed by atoms with Crippen LogP contribution < -0.4 is 5.32 Å². The van der Waals surface area contributed by atoms with E-state index in [4.69, 9.17) is 37.9 Å². The van der Waals surface area contributed by atoms with E-state index < -0.39 is 114 Å². The van der Waals surface area contributed by atoms with Gasteiger partial charge in [0, 0.05) is 55.7 Å². The van der Waals surface area contributed by atoms with Crippen molar-refractivity contribution in [3.8, 4) is 11.4 Å². The number of aromatic nitrogens is 2. The van der Waals surface area contributed by atoms with E-state index in [0.29, 0.717) is 12.2 Å². The molecular formula is C51H73N5O14. The number of cyclic esters (lactones) is 1. The zero-order chi connectivity index (χ0) is 51.7. The van der Waals surface area contributed by atoms with Crippen LogP contribution in [0.1, 0.15) is 101 Å². The largest absolute Gasteiger partial charge is 0.509 e. The van der Waals surface area contributed by atoms with Crippen molar-refractivity contribution in [3.05, 3.63) is 54.4 Å². The molecule has 5 rings (SSSR count). The number of alkyl carbamates (subject to hydrolysis) is 1. The topological polar surface area (TPSA) is 221 Å². The Morgan fingerprint density at radius 3 is 2.17 bits per heavy atom. The predicted molar refractivity (Wildman–Crippen MR) is 256 cm³/mol. The molecule has 4 heterocycles. The van der Waals surface area contributed by atoms with Gasteiger partial charge in [-0.1, -0.05) is 58.0 Å². The smallest absolute Gasteiger partial charge is 0.458 e. The molecule has 1 N–H and O–H groups in total. The molecule has 2 aromatic rings. The molecule has 3 aliphatic rings. The quantitative estimate of drug-likeness (QED) is 0.158. The summed E-state index contributed by atoms with van der Waals surface area (Å²) in [4.78, 5) is 95.3. The molecule has 3 saturated heterocycles. The molecule has 3 fully saturated rings. The number of nitrogens with one attached hydrogen (secondary N) is 1. The van der Waals surface area contributed by atoms with Crippen LogP contribution in [0.5, 0.6) is 0 Å². The van der Waals surface area contributed by atoms with Crippen LogP contribution in [0.2, 0.25) is 0 Å². The van der Waals surface area contributed by atoms with Gasteiger partial charge in [0.25, 0.3) is 0 Å². The minimum Gasteiger partial charge on any atom is -0.458 e. The van der Waals surface area contributed by atoms with Gasteiger partial charge in [-0.15, -0.1) is 0 Å². The fraction of sp³-hybridized carbons (Fsp3) is 0.647. The molecule has 0 spiro atoms. The lowest BCUT2D eigenvalue weighted by atomic mass is 9.73. The zero-order valence-electron chi connectivity index (χ0n) is 42.9. The second kappa shape index (κ2) is 24.0. The van der Waals surface area contributed by atoms with Gasteiger partial charge >= 0.3 is 30.3 Å². The number of Topliss-reactive ketones (excluding diaryl/α,β-unsaturated/α-hetero) is 1. The van der Waals surface area contributed by atoms with Crippen molar-refractivity contribution in [2.45, 2.75) is 156 Å². The van der Waals surface area contributed by atoms with E-state index >= 15 is 0 Å². The van der Waals surface area contributed by atoms with E-state index in [1.807, 2.05) is 50.2 Å². The van der Waals surface area contributed by atoms with Crippen molar-refractivity contribution >= 4 is 42.1 Å². The number of hydrogen-bond acceptors (Lipinski definition) is 17. The first-order chi connectivity index (χ1) is 33.1. The van der Waals surface area contributed by atoms with E-state index in [9.17, 15) is 28.8 Å². The molecule has 14 atom stereocenters. The standard InChI is InChI=1S/C51H73N5O14/c1-14-38-51(11)42(54-47(60)69-51)31(6)39(58)29(4)28-50(10,70-49(62)63-26-17-19-35-20-22-36(23-21-35)44-52-24-18-25-53-44)43(68-46-41(65-34(9)57)37(55(12)13)27-30(5)64-46)32(7)40(33(8)45(59)66-38)67-48(61)56(15-2)16-3/h17-25,29-33,37-38,40-43,46H,14-16,26-28H2,1-13H3,(H,54,60)/b19-17+/t29-,30-,31+,32+,33-,37+,38-,40+,41-,42-,43-,46+,50-,51-/m1/s1. The van der Waals surface area contributed by atoms with Crippen LogP contribution in [-0.4, -0.2) is 150 Å². The first kappa shape index (κ1) is 55.3. The normalized spacial score (nSPS) is 33.0. The number of benzene rings is 1. The molecule has 70 heavy (non-hydrogen) atoms. The average molecular weight is 980 g/mol. The van der Waals surface area contributed by atoms with Gasteiger partial charge in [-0.2, -0.15) is 0 Å². The van der Waals surface area contributed by atoms with E-state index in [2.05, 4.69) is 15.3 Å². The second-order valence-corrected chi connectivity index (χ2v) is 19.3. The van der Waals surface area contributed by atoms with Gasteiger partial charge in [0.05, 0.1) is 24.1 Å². The summed E-state index contributed by atoms with van der Waals surface area (Å²) in [5.74, 6) is -5.28. The van der Waals surface area contributed by atoms with Crippen LogP contribution in [0.4, 0.5) is 14.4 Å². The molecule has 3 aliphatic heterocycles. The van der Waals surface area contributed by atoms with Gasteiger partial charge < -0.3 is 53.0 Å². The third kappa shape index (κ3) is 13.0. The molecule has 0 radical (unpaired) electrons. The molecule has 0 bridgehead atoms. The van der Waals surface area contributed by atoms with Gasteiger partial charge in [0.15, 0.2) is 23.8 Å². The zero-order valence-corrected chi connectivity index (χ0v) is 42.9. The highest BCUT2D eigenvalue weighted by molar-refractivity contribution is 5.85. The van der Waals surface area contributed by atoms with Gasteiger partial charge in [-0.25, -0.2) is 24.4 Å². The van der Waals surface area contributed by atoms with Crippen LogP contribution >= 0.6 is 0 Å². The van der Waals surface area contributed by atoms with Crippen LogP contribution in [0, 0.1) is 23.7 Å². The maximum Gasteiger partial charge on any atom is 0.509 e. The maximum atomic E-state index is 14.8. The first-order valence-corrected chi connectivity index (χ1v) is 24.3. The van der Waals surface area contributed by atoms with Crippen molar-refractivity contribution in [3.63, 3.8) is 0 Å². The SMILES string of the molecule is CC[C@H]1OC(=O)[C@H](C)[C@@H](OC(=O)N(CC)CC)[C@H](C)[C@@H](O[C@@H]2O[C@H](C)C[C@H](N(C)C)[C@H]2OC(C)=O)[C@](C)(OC(=O)OC/C=C/c2ccc(-c3ncccn3)cc2)C[C@@H](C)C(=O)[C@H](C)[C@H]2NC(=O)O[C@@]21C. The number of ketones is 1. The van der Waals surface area contributed by atoms with Crippen molar-refractivity contribution in [2.24, 2.45) is 23.7 Å². The molecule has 19 nitrogen and oxygen atoms in total. The van der Waals surface area contributed by atoms with Crippen molar-refractivity contribution in [1.82, 2.24) is 25.1 Å². The Balaban J connectivity index is 1.62. The van der Waals surface area contributed by atoms with Crippen molar-refractivity contribution in [2.75, 3.05) is 33.8 Å². The van der Waals surface area contributed by atoms with Gasteiger partial charge in [-0.05, 0) is 92.6 Å². The van der Waals surface area contributed by atoms with E-state index in [-0.39, 0.29) is 38.3 Å². The molecule has 386 valence electrons. The Morgan fingerprint density at radius 2 is 1.57 bits per heavy atom. The van der Waals surface area contributed by atoms with E-state index in [0.717, 1.165) is 11.1 Å². The number of ether oxygens (including phenoxy) is 8. The first-order valence-electron chi connectivity index (χ1n) is 24.3. The number of nitrogens with zero attached hydrogens (tertiary/aromatic N) is 4. The third-order valence-corrected chi connectivity index (χ3v) is 13.8. The number of likely N-dealkylation sites (N-methyl/N-ethyl adjacent to an activating group) is 1. The lowest BCUT2D eigenvalue weighted by molar-refractivity contribution is -0.301. The summed E-state index contributed by atoms with van der Waals surface area (Å²) in [5.41, 5.74) is -1.73. The number of rotatable bonds is 13. The number of esters is 2. The number of carbonyl (C=O) groups excluding carboxylic acids is 6. The van der Waals surface area contributed by atoms with Crippen molar-refractivity contribution in [1.29, 1.82) is 0 Å². The van der Waals surface area contributed by atoms with Crippen LogP contribution in [0.3, 0.4) is 0 Å². The highest BCUT2D eigenvalue weighted by Gasteiger charge is 2.58. The average Bonchev–Trinajstić information content (AvgIpc) is 3.64. The van der Waals surface area contributed by atoms with Gasteiger partial charge in [0.2, 0.25) is 0 Å². The Labute approximate surface area is 411 Å². The molecule has 0 aliphatic carbocycles. The number of hydrogen-bond donors (Lipinski definition) is 1. The van der Waals surface area contributed by atoms with Gasteiger partial charge in [-0.3, -0.25) is 14.4 Å². The summed E-state index contributed by atoms with van der Waals surface area (Å²) >= 11 is 0. The Morgan fingerprint density at radius 1 is 0.914 bits per heavy atom. The minimum atomic E-state index is -1.86. The second-order valence-electron chi connectivity index (χ2n) is 19.3. The third-order valence-electron chi connectivity index (χ3n) is 13.8. The molecule has 0 unspecified atom stereocenters. The summed E-state index contributed by atoms with van der Waals surface area (Å²) < 4.78 is 49.9. The lowest BCUT2D eigenvalue weighted by Crippen LogP contribution is -2.62. The summed E-state index contributed by atoms with van der Waals surface area (Å²) in [6, 6.07) is 7.85. The van der Waals surface area contributed by atoms with Crippen LogP contribution in [0.15, 0.2) is 48.8 Å². The molecular weight excluding hydrogens is 907 g/mol. The molecule has 2 amide bonds. The minimum absolute atomic E-state index is 0.197. The molecule has 1 aromatic heterocycles. The number of amides is 2. The van der Waals surface area contributed by atoms with E-state index in [1.165, 1.54) is 11.8 Å². The Hall–Kier alpha value is -5.66. The Bertz CT molecular complexity index is 2160. The lowest BCUT2D eigenvalue weighted by Gasteiger charge is -2.48. The predicted octanol–water partition coefficient (Wildman–Crippen LogP) is 7.00. The monoisotopic (exact) mass is 980 g/mol. The summed E-state index contributed by atoms with van der Waals surface area (Å²) in [5, 5.41) is 2.79. The van der Waals surface area contributed by atoms with Crippen LogP contribution in [0.25, 0.3) is 17.5 Å². The summed E-state index contributed by atoms with van der Waals surface area (Å²) in [7, 11) is 3.67. The number of fused-ring (bicyclic) bond motifs is 1. The summed E-state index contributed by atoms with van der Waals surface area (Å²) in [6.07, 6.45) is -2.04. The maximum absolute atomic E-state index is 14.8. The molecule has 19 heteroatoms. The number of carbonyl (C=O) groups is 6. The molecule has 1 aromatic carbocycles. The van der Waals surface area contributed by atoms with E-state index in [1.54, 1.807) is 92.9 Å². The fourth-order valence-electron chi connectivity index (χ4n) is 10.1. The molecule has 0 saturated carbocycles. The van der Waals surface area contributed by atoms with Crippen LogP contribution in [-0.2, 0) is 52.3 Å². The summed E-state index contributed by atoms with van der Waals surface area (Å²) in [6.45, 7) is 18.5. The Kier molecular flexibility index (Phi) is 18.9. The highest BCUT2D eigenvalue weighted by atomic mass is 16.8. The highest BCUT2D eigenvalue weighted by Crippen LogP contribution is 2.42. The fourth-order valence-corrected chi connectivity index (χ4v) is 10.1. The van der Waals surface area contributed by atoms with Crippen molar-refractivity contribution < 1.29 is 66.7 Å². The van der Waals surface area contributed by atoms with Gasteiger partial charge in [0.1, 0.15) is 36.3 Å².